The van der Waals surface area contributed by atoms with Crippen LogP contribution in [0.25, 0.3) is 21.6 Å². The van der Waals surface area contributed by atoms with Gasteiger partial charge in [-0.3, -0.25) is 4.79 Å². The first-order chi connectivity index (χ1) is 13.9. The predicted molar refractivity (Wildman–Crippen MR) is 118 cm³/mol. The van der Waals surface area contributed by atoms with Crippen molar-refractivity contribution < 1.29 is 9.90 Å². The number of anilines is 2. The summed E-state index contributed by atoms with van der Waals surface area (Å²) in [6.07, 6.45) is 2.53. The molecule has 0 aliphatic carbocycles. The highest BCUT2D eigenvalue weighted by Gasteiger charge is 2.23. The molecule has 3 heterocycles. The number of aromatic nitrogens is 1. The Hall–Kier alpha value is -2.61. The van der Waals surface area contributed by atoms with E-state index in [1.165, 1.54) is 0 Å². The average molecular weight is 429 g/mol. The Morgan fingerprint density at radius 3 is 2.66 bits per heavy atom. The number of carbonyl (C=O) groups excluding carboxylic acids is 1. The van der Waals surface area contributed by atoms with E-state index in [1.54, 1.807) is 34.6 Å². The van der Waals surface area contributed by atoms with Crippen LogP contribution in [0.2, 0.25) is 5.02 Å². The number of thiophene rings is 1. The minimum atomic E-state index is -0.317. The Balaban J connectivity index is 1.58. The number of aliphatic hydroxyl groups is 1. The number of carbonyl (C=O) groups is 1. The number of benzene rings is 1. The Morgan fingerprint density at radius 1 is 1.17 bits per heavy atom. The molecule has 0 unspecified atom stereocenters. The number of hydrogen-bond acceptors (Lipinski definition) is 6. The summed E-state index contributed by atoms with van der Waals surface area (Å²) in [6.45, 7) is 1.12. The molecule has 0 spiro atoms. The maximum Gasteiger partial charge on any atom is 0.253 e. The van der Waals surface area contributed by atoms with E-state index in [0.717, 1.165) is 21.6 Å². The smallest absolute Gasteiger partial charge is 0.253 e. The molecular weight excluding hydrogens is 408 g/mol. The molecule has 0 bridgehead atoms. The van der Waals surface area contributed by atoms with Gasteiger partial charge in [0.25, 0.3) is 5.91 Å². The Kier molecular flexibility index (Phi) is 5.45. The molecule has 0 atom stereocenters. The van der Waals surface area contributed by atoms with Crippen molar-refractivity contribution in [1.82, 2.24) is 9.88 Å². The number of nitrogens with zero attached hydrogens (tertiary/aromatic N) is 2. The number of piperidine rings is 1. The highest BCUT2D eigenvalue weighted by molar-refractivity contribution is 7.14. The van der Waals surface area contributed by atoms with Gasteiger partial charge in [-0.05, 0) is 48.1 Å². The van der Waals surface area contributed by atoms with Crippen LogP contribution in [0.5, 0.6) is 0 Å². The zero-order valence-corrected chi connectivity index (χ0v) is 17.2. The quantitative estimate of drug-likeness (QED) is 0.586. The lowest BCUT2D eigenvalue weighted by Crippen LogP contribution is -2.40. The van der Waals surface area contributed by atoms with E-state index in [9.17, 15) is 9.90 Å². The average Bonchev–Trinajstić information content (AvgIpc) is 3.19. The van der Waals surface area contributed by atoms with Crippen LogP contribution in [0.4, 0.5) is 11.5 Å². The molecule has 150 valence electrons. The Morgan fingerprint density at radius 2 is 1.93 bits per heavy atom. The number of pyridine rings is 1. The molecule has 1 aliphatic rings. The third-order valence-corrected chi connectivity index (χ3v) is 6.44. The van der Waals surface area contributed by atoms with Gasteiger partial charge in [-0.15, -0.1) is 11.3 Å². The number of aliphatic hydroxyl groups excluding tert-OH is 1. The first-order valence-corrected chi connectivity index (χ1v) is 10.6. The van der Waals surface area contributed by atoms with Gasteiger partial charge in [0.1, 0.15) is 5.82 Å². The molecule has 8 heteroatoms. The molecule has 3 aromatic rings. The lowest BCUT2D eigenvalue weighted by atomic mass is 10.0. The first-order valence-electron chi connectivity index (χ1n) is 9.30. The van der Waals surface area contributed by atoms with Gasteiger partial charge in [0.15, 0.2) is 0 Å². The molecule has 0 radical (unpaired) electrons. The summed E-state index contributed by atoms with van der Waals surface area (Å²) in [5.74, 6) is 0.249. The molecule has 1 aliphatic heterocycles. The monoisotopic (exact) mass is 428 g/mol. The first kappa shape index (κ1) is 19.7. The second kappa shape index (κ2) is 8.02. The van der Waals surface area contributed by atoms with Crippen LogP contribution in [0.1, 0.15) is 23.2 Å². The maximum atomic E-state index is 12.7. The van der Waals surface area contributed by atoms with E-state index in [-0.39, 0.29) is 12.0 Å². The van der Waals surface area contributed by atoms with Crippen molar-refractivity contribution in [3.8, 4) is 21.6 Å². The molecule has 2 aromatic heterocycles. The number of likely N-dealkylation sites (tertiary alicyclic amines) is 1. The summed E-state index contributed by atoms with van der Waals surface area (Å²) in [4.78, 5) is 19.5. The second-order valence-electron chi connectivity index (χ2n) is 7.08. The normalized spacial score (nSPS) is 14.9. The largest absolute Gasteiger partial charge is 0.395 e. The SMILES string of the molecule is Nc1nccc(-c2csc(-c3ccc(C(=O)N4CCC(O)CC4)cc3Cl)c2)c1N. The zero-order valence-electron chi connectivity index (χ0n) is 15.6. The van der Waals surface area contributed by atoms with Crippen molar-refractivity contribution in [2.45, 2.75) is 18.9 Å². The minimum Gasteiger partial charge on any atom is -0.395 e. The number of hydrogen-bond donors (Lipinski definition) is 3. The summed E-state index contributed by atoms with van der Waals surface area (Å²) >= 11 is 8.07. The van der Waals surface area contributed by atoms with Gasteiger partial charge in [-0.2, -0.15) is 0 Å². The zero-order chi connectivity index (χ0) is 20.5. The van der Waals surface area contributed by atoms with Crippen molar-refractivity contribution in [2.24, 2.45) is 0 Å². The van der Waals surface area contributed by atoms with E-state index < -0.39 is 0 Å². The second-order valence-corrected chi connectivity index (χ2v) is 8.39. The van der Waals surface area contributed by atoms with Crippen molar-refractivity contribution in [3.63, 3.8) is 0 Å². The van der Waals surface area contributed by atoms with E-state index >= 15 is 0 Å². The highest BCUT2D eigenvalue weighted by atomic mass is 35.5. The molecule has 1 aromatic carbocycles. The summed E-state index contributed by atoms with van der Waals surface area (Å²) in [5, 5.41) is 12.1. The third kappa shape index (κ3) is 3.94. The predicted octanol–water partition coefficient (Wildman–Crippen LogP) is 3.89. The van der Waals surface area contributed by atoms with Gasteiger partial charge in [0, 0.05) is 40.9 Å². The fourth-order valence-corrected chi connectivity index (χ4v) is 4.75. The van der Waals surface area contributed by atoms with Crippen molar-refractivity contribution in [3.05, 3.63) is 52.5 Å². The molecule has 6 nitrogen and oxygen atoms in total. The third-order valence-electron chi connectivity index (χ3n) is 5.16. The number of halogens is 1. The van der Waals surface area contributed by atoms with Crippen LogP contribution in [-0.2, 0) is 0 Å². The van der Waals surface area contributed by atoms with Crippen LogP contribution in [0.15, 0.2) is 41.9 Å². The summed E-state index contributed by atoms with van der Waals surface area (Å²) in [6, 6.07) is 9.21. The van der Waals surface area contributed by atoms with Gasteiger partial charge < -0.3 is 21.5 Å². The molecule has 1 fully saturated rings. The summed E-state index contributed by atoms with van der Waals surface area (Å²) < 4.78 is 0. The molecule has 4 rings (SSSR count). The van der Waals surface area contributed by atoms with Gasteiger partial charge in [-0.25, -0.2) is 4.98 Å². The molecule has 5 N–H and O–H groups in total. The summed E-state index contributed by atoms with van der Waals surface area (Å²) in [5.41, 5.74) is 15.5. The van der Waals surface area contributed by atoms with Crippen LogP contribution >= 0.6 is 22.9 Å². The standard InChI is InChI=1S/C21H21ClN4O2S/c22-17-9-12(21(28)26-7-4-14(27)5-8-26)1-2-16(17)18-10-13(11-29-18)15-3-6-25-20(24)19(15)23/h1-3,6,9-11,14,27H,4-5,7-8,23H2,(H2,24,25). The highest BCUT2D eigenvalue weighted by Crippen LogP contribution is 2.39. The number of nitrogens with two attached hydrogens (primary N) is 2. The molecule has 1 saturated heterocycles. The molecule has 1 amide bonds. The molecule has 0 saturated carbocycles. The van der Waals surface area contributed by atoms with Gasteiger partial charge in [0.05, 0.1) is 16.8 Å². The molecule has 29 heavy (non-hydrogen) atoms. The number of rotatable bonds is 3. The Labute approximate surface area is 177 Å². The van der Waals surface area contributed by atoms with E-state index in [1.807, 2.05) is 23.6 Å². The van der Waals surface area contributed by atoms with Crippen LogP contribution in [-0.4, -0.2) is 40.1 Å². The van der Waals surface area contributed by atoms with Crippen molar-refractivity contribution >= 4 is 40.4 Å². The van der Waals surface area contributed by atoms with E-state index in [0.29, 0.717) is 48.0 Å². The number of nitrogen functional groups attached to an aromatic ring is 2. The number of amides is 1. The Bertz CT molecular complexity index is 1060. The lowest BCUT2D eigenvalue weighted by molar-refractivity contribution is 0.0546. The van der Waals surface area contributed by atoms with Gasteiger partial charge in [-0.1, -0.05) is 17.7 Å². The van der Waals surface area contributed by atoms with E-state index in [2.05, 4.69) is 4.98 Å². The van der Waals surface area contributed by atoms with Gasteiger partial charge in [0.2, 0.25) is 0 Å². The lowest BCUT2D eigenvalue weighted by Gasteiger charge is -2.29. The fraction of sp³-hybridized carbons (Fsp3) is 0.238. The topological polar surface area (TPSA) is 105 Å². The fourth-order valence-electron chi connectivity index (χ4n) is 3.46. The minimum absolute atomic E-state index is 0.0581. The van der Waals surface area contributed by atoms with Crippen LogP contribution < -0.4 is 11.5 Å². The van der Waals surface area contributed by atoms with Gasteiger partial charge >= 0.3 is 0 Å². The van der Waals surface area contributed by atoms with Crippen LogP contribution in [0, 0.1) is 0 Å². The van der Waals surface area contributed by atoms with Crippen LogP contribution in [0.3, 0.4) is 0 Å². The maximum absolute atomic E-state index is 12.7. The molecular formula is C21H21ClN4O2S. The van der Waals surface area contributed by atoms with Crippen molar-refractivity contribution in [1.29, 1.82) is 0 Å². The summed E-state index contributed by atoms with van der Waals surface area (Å²) in [7, 11) is 0. The van der Waals surface area contributed by atoms with E-state index in [4.69, 9.17) is 23.1 Å². The van der Waals surface area contributed by atoms with Crippen molar-refractivity contribution in [2.75, 3.05) is 24.6 Å².